The molecule has 0 aromatic rings. The molecule has 1 saturated heterocycles. The monoisotopic (exact) mass is 198 g/mol. The lowest BCUT2D eigenvalue weighted by atomic mass is 9.53. The van der Waals surface area contributed by atoms with Crippen molar-refractivity contribution in [1.82, 2.24) is 0 Å². The zero-order valence-corrected chi connectivity index (χ0v) is 8.82. The molecule has 1 aliphatic heterocycles. The summed E-state index contributed by atoms with van der Waals surface area (Å²) in [6, 6.07) is 0. The predicted molar refractivity (Wildman–Crippen MR) is 53.0 cm³/mol. The Labute approximate surface area is 84.7 Å². The molecule has 0 unspecified atom stereocenters. The van der Waals surface area contributed by atoms with E-state index in [0.717, 1.165) is 19.4 Å². The summed E-state index contributed by atoms with van der Waals surface area (Å²) in [5, 5.41) is 10.4. The van der Waals surface area contributed by atoms with Gasteiger partial charge < -0.3 is 14.6 Å². The number of fused-ring (bicyclic) bond motifs is 1. The lowest BCUT2D eigenvalue weighted by molar-refractivity contribution is -0.329. The molecule has 0 spiro atoms. The van der Waals surface area contributed by atoms with E-state index in [1.165, 1.54) is 0 Å². The van der Waals surface area contributed by atoms with Crippen molar-refractivity contribution in [3.8, 4) is 0 Å². The first-order valence-electron chi connectivity index (χ1n) is 5.13. The number of hydrogen-bond acceptors (Lipinski definition) is 3. The minimum atomic E-state index is -0.924. The molecule has 80 valence electrons. The molecule has 0 aromatic carbocycles. The van der Waals surface area contributed by atoms with E-state index in [0.29, 0.717) is 0 Å². The fraction of sp³-hybridized carbons (Fsp3) is 0.818. The third-order valence-corrected chi connectivity index (χ3v) is 3.96. The summed E-state index contributed by atoms with van der Waals surface area (Å²) in [5.41, 5.74) is -1.55. The Balaban J connectivity index is 2.28. The van der Waals surface area contributed by atoms with Crippen LogP contribution in [-0.2, 0) is 9.47 Å². The summed E-state index contributed by atoms with van der Waals surface area (Å²) in [4.78, 5) is 0. The average Bonchev–Trinajstić information content (AvgIpc) is 2.26. The Kier molecular flexibility index (Phi) is 2.21. The van der Waals surface area contributed by atoms with Gasteiger partial charge in [0.1, 0.15) is 11.2 Å². The molecule has 2 rings (SSSR count). The Bertz CT molecular complexity index is 253. The van der Waals surface area contributed by atoms with Crippen molar-refractivity contribution in [2.24, 2.45) is 5.92 Å². The third kappa shape index (κ3) is 0.926. The lowest BCUT2D eigenvalue weighted by Gasteiger charge is -2.64. The van der Waals surface area contributed by atoms with Crippen molar-refractivity contribution in [2.75, 3.05) is 13.7 Å². The molecule has 0 amide bonds. The van der Waals surface area contributed by atoms with Crippen molar-refractivity contribution >= 4 is 0 Å². The van der Waals surface area contributed by atoms with Crippen molar-refractivity contribution in [3.05, 3.63) is 12.7 Å². The van der Waals surface area contributed by atoms with Gasteiger partial charge in [0.05, 0.1) is 6.10 Å². The molecule has 2 aliphatic rings. The fourth-order valence-corrected chi connectivity index (χ4v) is 2.91. The second kappa shape index (κ2) is 3.05. The van der Waals surface area contributed by atoms with Gasteiger partial charge in [0.15, 0.2) is 0 Å². The molecule has 1 aliphatic carbocycles. The summed E-state index contributed by atoms with van der Waals surface area (Å²) in [6.45, 7) is 6.36. The highest BCUT2D eigenvalue weighted by Crippen LogP contribution is 2.55. The van der Waals surface area contributed by atoms with Gasteiger partial charge in [-0.25, -0.2) is 0 Å². The highest BCUT2D eigenvalue weighted by Gasteiger charge is 2.69. The Morgan fingerprint density at radius 3 is 2.93 bits per heavy atom. The van der Waals surface area contributed by atoms with E-state index in [1.807, 2.05) is 6.92 Å². The second-order valence-electron chi connectivity index (χ2n) is 4.38. The number of hydrogen-bond donors (Lipinski definition) is 1. The van der Waals surface area contributed by atoms with Gasteiger partial charge in [-0.15, -0.1) is 6.58 Å². The molecular weight excluding hydrogens is 180 g/mol. The van der Waals surface area contributed by atoms with Gasteiger partial charge in [0, 0.05) is 19.6 Å². The maximum absolute atomic E-state index is 10.4. The van der Waals surface area contributed by atoms with Gasteiger partial charge in [-0.1, -0.05) is 6.08 Å². The SMILES string of the molecule is C=C[C@@]1(O)[C@@H]2CCCO[C@@H]2[C@@]1(C)OC. The fourth-order valence-electron chi connectivity index (χ4n) is 2.91. The van der Waals surface area contributed by atoms with Crippen molar-refractivity contribution in [2.45, 2.75) is 37.1 Å². The maximum atomic E-state index is 10.4. The van der Waals surface area contributed by atoms with E-state index in [9.17, 15) is 5.11 Å². The van der Waals surface area contributed by atoms with Gasteiger partial charge >= 0.3 is 0 Å². The van der Waals surface area contributed by atoms with Crippen molar-refractivity contribution in [1.29, 1.82) is 0 Å². The number of rotatable bonds is 2. The first-order chi connectivity index (χ1) is 6.60. The van der Waals surface area contributed by atoms with Gasteiger partial charge in [-0.05, 0) is 19.8 Å². The van der Waals surface area contributed by atoms with Crippen LogP contribution in [0, 0.1) is 5.92 Å². The normalized spacial score (nSPS) is 51.9. The number of aliphatic hydroxyl groups is 1. The summed E-state index contributed by atoms with van der Waals surface area (Å²) in [6.07, 6.45) is 3.62. The summed E-state index contributed by atoms with van der Waals surface area (Å²) in [7, 11) is 1.61. The number of methoxy groups -OCH3 is 1. The van der Waals surface area contributed by atoms with Crippen LogP contribution in [-0.4, -0.2) is 36.1 Å². The van der Waals surface area contributed by atoms with E-state index in [4.69, 9.17) is 9.47 Å². The van der Waals surface area contributed by atoms with Crippen molar-refractivity contribution < 1.29 is 14.6 Å². The topological polar surface area (TPSA) is 38.7 Å². The van der Waals surface area contributed by atoms with E-state index in [2.05, 4.69) is 6.58 Å². The van der Waals surface area contributed by atoms with Crippen LogP contribution in [0.25, 0.3) is 0 Å². The summed E-state index contributed by atoms with van der Waals surface area (Å²) in [5.74, 6) is 0.152. The van der Waals surface area contributed by atoms with Gasteiger partial charge in [0.2, 0.25) is 0 Å². The molecule has 0 bridgehead atoms. The van der Waals surface area contributed by atoms with E-state index >= 15 is 0 Å². The van der Waals surface area contributed by atoms with Crippen LogP contribution in [0.3, 0.4) is 0 Å². The molecule has 0 radical (unpaired) electrons. The molecule has 1 heterocycles. The highest BCUT2D eigenvalue weighted by atomic mass is 16.6. The first kappa shape index (κ1) is 10.1. The molecule has 3 heteroatoms. The molecule has 1 saturated carbocycles. The Hall–Kier alpha value is -0.380. The van der Waals surface area contributed by atoms with Gasteiger partial charge in [0.25, 0.3) is 0 Å². The highest BCUT2D eigenvalue weighted by molar-refractivity contribution is 5.27. The smallest absolute Gasteiger partial charge is 0.124 e. The zero-order valence-electron chi connectivity index (χ0n) is 8.82. The standard InChI is InChI=1S/C11H18O3/c1-4-11(12)8-6-5-7-14-9(8)10(11,2)13-3/h4,8-9,12H,1,5-7H2,2-3H3/t8-,9+,10-,11-/m1/s1. The Morgan fingerprint density at radius 1 is 1.64 bits per heavy atom. The predicted octanol–water partition coefficient (Wildman–Crippen LogP) is 1.12. The largest absolute Gasteiger partial charge is 0.382 e. The summed E-state index contributed by atoms with van der Waals surface area (Å²) >= 11 is 0. The molecule has 4 atom stereocenters. The van der Waals surface area contributed by atoms with Crippen LogP contribution in [0.15, 0.2) is 12.7 Å². The molecule has 3 nitrogen and oxygen atoms in total. The van der Waals surface area contributed by atoms with Gasteiger partial charge in [-0.2, -0.15) is 0 Å². The third-order valence-electron chi connectivity index (χ3n) is 3.96. The maximum Gasteiger partial charge on any atom is 0.124 e. The van der Waals surface area contributed by atoms with Crippen LogP contribution < -0.4 is 0 Å². The quantitative estimate of drug-likeness (QED) is 0.676. The van der Waals surface area contributed by atoms with Crippen LogP contribution in [0.4, 0.5) is 0 Å². The molecule has 2 fully saturated rings. The van der Waals surface area contributed by atoms with Crippen molar-refractivity contribution in [3.63, 3.8) is 0 Å². The minimum absolute atomic E-state index is 0.0178. The zero-order chi connectivity index (χ0) is 10.4. The molecule has 0 aromatic heterocycles. The summed E-state index contributed by atoms with van der Waals surface area (Å²) < 4.78 is 11.1. The van der Waals surface area contributed by atoms with Crippen LogP contribution in [0.1, 0.15) is 19.8 Å². The molecule has 1 N–H and O–H groups in total. The minimum Gasteiger partial charge on any atom is -0.382 e. The van der Waals surface area contributed by atoms with E-state index in [1.54, 1.807) is 13.2 Å². The van der Waals surface area contributed by atoms with Crippen LogP contribution >= 0.6 is 0 Å². The van der Waals surface area contributed by atoms with Crippen LogP contribution in [0.2, 0.25) is 0 Å². The van der Waals surface area contributed by atoms with E-state index < -0.39 is 11.2 Å². The van der Waals surface area contributed by atoms with E-state index in [-0.39, 0.29) is 12.0 Å². The molecule has 14 heavy (non-hydrogen) atoms. The lowest BCUT2D eigenvalue weighted by Crippen LogP contribution is -2.78. The van der Waals surface area contributed by atoms with Gasteiger partial charge in [-0.3, -0.25) is 0 Å². The second-order valence-corrected chi connectivity index (χ2v) is 4.38. The Morgan fingerprint density at radius 2 is 2.36 bits per heavy atom. The van der Waals surface area contributed by atoms with Crippen LogP contribution in [0.5, 0.6) is 0 Å². The first-order valence-corrected chi connectivity index (χ1v) is 5.13. The number of ether oxygens (including phenoxy) is 2. The average molecular weight is 198 g/mol. The molecular formula is C11H18O3.